The average molecular weight is 363 g/mol. The maximum Gasteiger partial charge on any atom is 0.409 e. The van der Waals surface area contributed by atoms with Gasteiger partial charge in [-0.3, -0.25) is 10.1 Å². The smallest absolute Gasteiger partial charge is 0.409 e. The molecule has 0 radical (unpaired) electrons. The Bertz CT molecular complexity index is 766. The van der Waals surface area contributed by atoms with Crippen molar-refractivity contribution in [3.05, 3.63) is 22.7 Å². The fraction of sp³-hybridized carbons (Fsp3) is 0.471. The van der Waals surface area contributed by atoms with Crippen molar-refractivity contribution in [2.24, 2.45) is 5.41 Å². The molecule has 2 aliphatic heterocycles. The summed E-state index contributed by atoms with van der Waals surface area (Å²) in [7, 11) is 1.83. The first kappa shape index (κ1) is 17.4. The topological polar surface area (TPSA) is 96.7 Å². The zero-order valence-electron chi connectivity index (χ0n) is 13.9. The van der Waals surface area contributed by atoms with E-state index in [1.807, 2.05) is 18.0 Å². The molecule has 0 bridgehead atoms. The third-order valence-corrected chi connectivity index (χ3v) is 5.61. The molecule has 0 unspecified atom stereocenters. The van der Waals surface area contributed by atoms with Crippen molar-refractivity contribution in [3.63, 3.8) is 0 Å². The van der Waals surface area contributed by atoms with Crippen molar-refractivity contribution in [2.45, 2.75) is 19.3 Å². The van der Waals surface area contributed by atoms with Crippen LogP contribution < -0.4 is 10.2 Å². The number of amides is 2. The highest BCUT2D eigenvalue weighted by molar-refractivity contribution is 6.36. The minimum Gasteiger partial charge on any atom is -0.465 e. The Labute approximate surface area is 150 Å². The lowest BCUT2D eigenvalue weighted by atomic mass is 9.77. The SMILES string of the molecule is CN1CCC2(CCN(c3cc(C#N)cc(NC(=O)O)c3Cl)CC2)C1=O. The van der Waals surface area contributed by atoms with Crippen molar-refractivity contribution in [3.8, 4) is 6.07 Å². The predicted molar refractivity (Wildman–Crippen MR) is 93.9 cm³/mol. The van der Waals surface area contributed by atoms with Gasteiger partial charge in [-0.05, 0) is 31.4 Å². The summed E-state index contributed by atoms with van der Waals surface area (Å²) in [5.74, 6) is 0.206. The van der Waals surface area contributed by atoms with Crippen LogP contribution in [0.25, 0.3) is 0 Å². The first-order chi connectivity index (χ1) is 11.9. The number of carbonyl (C=O) groups is 2. The van der Waals surface area contributed by atoms with Gasteiger partial charge in [-0.15, -0.1) is 0 Å². The number of carboxylic acid groups (broad SMARTS) is 1. The minimum absolute atomic E-state index is 0.195. The van der Waals surface area contributed by atoms with E-state index in [0.717, 1.165) is 25.8 Å². The molecule has 2 aliphatic rings. The van der Waals surface area contributed by atoms with Crippen molar-refractivity contribution >= 4 is 35.0 Å². The third-order valence-electron chi connectivity index (χ3n) is 5.21. The monoisotopic (exact) mass is 362 g/mol. The van der Waals surface area contributed by atoms with Gasteiger partial charge in [0.25, 0.3) is 0 Å². The van der Waals surface area contributed by atoms with Gasteiger partial charge in [0.15, 0.2) is 0 Å². The Kier molecular flexibility index (Phi) is 4.48. The first-order valence-corrected chi connectivity index (χ1v) is 8.48. The van der Waals surface area contributed by atoms with Crippen LogP contribution in [0, 0.1) is 16.7 Å². The molecule has 2 saturated heterocycles. The van der Waals surface area contributed by atoms with E-state index in [4.69, 9.17) is 16.7 Å². The lowest BCUT2D eigenvalue weighted by molar-refractivity contribution is -0.135. The number of benzene rings is 1. The molecular weight excluding hydrogens is 344 g/mol. The van der Waals surface area contributed by atoms with Gasteiger partial charge >= 0.3 is 6.09 Å². The number of hydrogen-bond acceptors (Lipinski definition) is 4. The molecule has 1 spiro atoms. The van der Waals surface area contributed by atoms with E-state index in [1.54, 1.807) is 11.0 Å². The van der Waals surface area contributed by atoms with Gasteiger partial charge in [0.2, 0.25) is 5.91 Å². The average Bonchev–Trinajstić information content (AvgIpc) is 2.86. The highest BCUT2D eigenvalue weighted by Crippen LogP contribution is 2.44. The van der Waals surface area contributed by atoms with E-state index in [2.05, 4.69) is 5.32 Å². The van der Waals surface area contributed by atoms with E-state index in [0.29, 0.717) is 24.3 Å². The minimum atomic E-state index is -1.24. The Hall–Kier alpha value is -2.46. The summed E-state index contributed by atoms with van der Waals surface area (Å²) in [5, 5.41) is 20.7. The number of nitrogens with one attached hydrogen (secondary N) is 1. The molecule has 3 rings (SSSR count). The lowest BCUT2D eigenvalue weighted by Crippen LogP contribution is -2.44. The van der Waals surface area contributed by atoms with Gasteiger partial charge in [0.1, 0.15) is 0 Å². The van der Waals surface area contributed by atoms with Crippen LogP contribution in [0.4, 0.5) is 16.2 Å². The summed E-state index contributed by atoms with van der Waals surface area (Å²) in [6, 6.07) is 5.11. The molecule has 1 aromatic carbocycles. The number of rotatable bonds is 2. The van der Waals surface area contributed by atoms with Crippen molar-refractivity contribution in [1.29, 1.82) is 5.26 Å². The lowest BCUT2D eigenvalue weighted by Gasteiger charge is -2.39. The van der Waals surface area contributed by atoms with Crippen molar-refractivity contribution in [2.75, 3.05) is 36.9 Å². The Morgan fingerprint density at radius 3 is 2.48 bits per heavy atom. The maximum atomic E-state index is 12.4. The molecule has 7 nitrogen and oxygen atoms in total. The maximum absolute atomic E-state index is 12.4. The highest BCUT2D eigenvalue weighted by atomic mass is 35.5. The second kappa shape index (κ2) is 6.45. The first-order valence-electron chi connectivity index (χ1n) is 8.10. The number of halogens is 1. The molecule has 0 aromatic heterocycles. The quantitative estimate of drug-likeness (QED) is 0.843. The van der Waals surface area contributed by atoms with Gasteiger partial charge in [0, 0.05) is 26.7 Å². The fourth-order valence-electron chi connectivity index (χ4n) is 3.74. The summed E-state index contributed by atoms with van der Waals surface area (Å²) in [5.41, 5.74) is 0.866. The van der Waals surface area contributed by atoms with E-state index in [9.17, 15) is 14.9 Å². The van der Waals surface area contributed by atoms with Crippen LogP contribution in [0.2, 0.25) is 5.02 Å². The number of anilines is 2. The molecule has 2 N–H and O–H groups in total. The van der Waals surface area contributed by atoms with Crippen LogP contribution in [-0.2, 0) is 4.79 Å². The number of nitriles is 1. The number of likely N-dealkylation sites (tertiary alicyclic amines) is 1. The van der Waals surface area contributed by atoms with Gasteiger partial charge < -0.3 is 14.9 Å². The van der Waals surface area contributed by atoms with Gasteiger partial charge in [-0.1, -0.05) is 11.6 Å². The molecule has 8 heteroatoms. The van der Waals surface area contributed by atoms with Crippen LogP contribution in [0.15, 0.2) is 12.1 Å². The number of carbonyl (C=O) groups excluding carboxylic acids is 1. The number of hydrogen-bond donors (Lipinski definition) is 2. The molecule has 2 heterocycles. The zero-order chi connectivity index (χ0) is 18.2. The Morgan fingerprint density at radius 2 is 1.96 bits per heavy atom. The number of nitrogens with zero attached hydrogens (tertiary/aromatic N) is 3. The fourth-order valence-corrected chi connectivity index (χ4v) is 4.02. The summed E-state index contributed by atoms with van der Waals surface area (Å²) >= 11 is 6.37. The number of piperidine rings is 1. The van der Waals surface area contributed by atoms with Crippen LogP contribution >= 0.6 is 11.6 Å². The van der Waals surface area contributed by atoms with Crippen molar-refractivity contribution < 1.29 is 14.7 Å². The summed E-state index contributed by atoms with van der Waals surface area (Å²) in [4.78, 5) is 27.2. The largest absolute Gasteiger partial charge is 0.465 e. The molecular formula is C17H19ClN4O3. The Morgan fingerprint density at radius 1 is 1.32 bits per heavy atom. The normalized spacial score (nSPS) is 19.2. The third kappa shape index (κ3) is 3.10. The standard InChI is InChI=1S/C17H19ClN4O3/c1-21-5-2-17(15(21)23)3-6-22(7-4-17)13-9-11(10-19)8-12(14(13)18)20-16(24)25/h8-9,20H,2-7H2,1H3,(H,24,25). The molecule has 2 amide bonds. The molecule has 132 valence electrons. The van der Waals surface area contributed by atoms with Crippen LogP contribution in [0.5, 0.6) is 0 Å². The predicted octanol–water partition coefficient (Wildman–Crippen LogP) is 2.75. The van der Waals surface area contributed by atoms with Gasteiger partial charge in [-0.2, -0.15) is 5.26 Å². The van der Waals surface area contributed by atoms with E-state index in [-0.39, 0.29) is 22.0 Å². The summed E-state index contributed by atoms with van der Waals surface area (Å²) < 4.78 is 0. The molecule has 0 aliphatic carbocycles. The zero-order valence-corrected chi connectivity index (χ0v) is 14.6. The molecule has 0 atom stereocenters. The van der Waals surface area contributed by atoms with Gasteiger partial charge in [0.05, 0.1) is 33.4 Å². The van der Waals surface area contributed by atoms with E-state index < -0.39 is 6.09 Å². The summed E-state index contributed by atoms with van der Waals surface area (Å²) in [6.45, 7) is 2.07. The second-order valence-electron chi connectivity index (χ2n) is 6.64. The van der Waals surface area contributed by atoms with E-state index in [1.165, 1.54) is 6.07 Å². The summed E-state index contributed by atoms with van der Waals surface area (Å²) in [6.07, 6.45) is 1.09. The van der Waals surface area contributed by atoms with Crippen molar-refractivity contribution in [1.82, 2.24) is 4.90 Å². The highest BCUT2D eigenvalue weighted by Gasteiger charge is 2.47. The van der Waals surface area contributed by atoms with Crippen LogP contribution in [0.3, 0.4) is 0 Å². The molecule has 25 heavy (non-hydrogen) atoms. The molecule has 1 aromatic rings. The Balaban J connectivity index is 1.85. The molecule has 0 saturated carbocycles. The van der Waals surface area contributed by atoms with Crippen LogP contribution in [-0.4, -0.2) is 48.7 Å². The van der Waals surface area contributed by atoms with Crippen LogP contribution in [0.1, 0.15) is 24.8 Å². The second-order valence-corrected chi connectivity index (χ2v) is 7.02. The van der Waals surface area contributed by atoms with E-state index >= 15 is 0 Å². The molecule has 2 fully saturated rings. The van der Waals surface area contributed by atoms with Gasteiger partial charge in [-0.25, -0.2) is 4.79 Å².